The summed E-state index contributed by atoms with van der Waals surface area (Å²) >= 11 is 0. The first-order valence-corrected chi connectivity index (χ1v) is 7.73. The van der Waals surface area contributed by atoms with Crippen LogP contribution in [0.5, 0.6) is 0 Å². The van der Waals surface area contributed by atoms with E-state index in [1.54, 1.807) is 0 Å². The van der Waals surface area contributed by atoms with Gasteiger partial charge in [0.2, 0.25) is 0 Å². The van der Waals surface area contributed by atoms with Gasteiger partial charge in [0.1, 0.15) is 0 Å². The summed E-state index contributed by atoms with van der Waals surface area (Å²) in [4.78, 5) is 8.93. The topological polar surface area (TPSA) is 42.9 Å². The zero-order valence-electron chi connectivity index (χ0n) is 14.5. The van der Waals surface area contributed by atoms with E-state index < -0.39 is 0 Å². The highest BCUT2D eigenvalue weighted by molar-refractivity contribution is 5.79. The van der Waals surface area contributed by atoms with E-state index in [4.69, 9.17) is 0 Å². The van der Waals surface area contributed by atoms with Crippen LogP contribution in [0.4, 0.5) is 0 Å². The lowest BCUT2D eigenvalue weighted by Gasteiger charge is -2.30. The first kappa shape index (κ1) is 19.2. The summed E-state index contributed by atoms with van der Waals surface area (Å²) in [5.74, 6) is 0.899. The third kappa shape index (κ3) is 9.15. The lowest BCUT2D eigenvalue weighted by Crippen LogP contribution is -2.45. The summed E-state index contributed by atoms with van der Waals surface area (Å²) in [7, 11) is 6.02. The molecule has 2 N–H and O–H groups in total. The van der Waals surface area contributed by atoms with Crippen molar-refractivity contribution in [3.8, 4) is 0 Å². The van der Waals surface area contributed by atoms with Crippen molar-refractivity contribution in [2.45, 2.75) is 46.2 Å². The van der Waals surface area contributed by atoms with Gasteiger partial charge in [-0.1, -0.05) is 0 Å². The smallest absolute Gasteiger partial charge is 0.191 e. The minimum Gasteiger partial charge on any atom is -0.356 e. The van der Waals surface area contributed by atoms with Crippen molar-refractivity contribution in [3.05, 3.63) is 0 Å². The van der Waals surface area contributed by atoms with Gasteiger partial charge in [0.25, 0.3) is 0 Å². The highest BCUT2D eigenvalue weighted by atomic mass is 15.2. The van der Waals surface area contributed by atoms with Gasteiger partial charge in [-0.2, -0.15) is 0 Å². The molecule has 5 heteroatoms. The number of rotatable bonds is 9. The fraction of sp³-hybridized carbons (Fsp3) is 0.933. The minimum atomic E-state index is 0.576. The van der Waals surface area contributed by atoms with E-state index in [1.165, 1.54) is 0 Å². The van der Waals surface area contributed by atoms with Gasteiger partial charge in [-0.25, -0.2) is 0 Å². The molecule has 0 fully saturated rings. The first-order valence-electron chi connectivity index (χ1n) is 7.73. The third-order valence-electron chi connectivity index (χ3n) is 3.29. The van der Waals surface area contributed by atoms with Gasteiger partial charge in [0.05, 0.1) is 0 Å². The quantitative estimate of drug-likeness (QED) is 0.380. The molecule has 0 bridgehead atoms. The Kier molecular flexibility index (Phi) is 10.5. The van der Waals surface area contributed by atoms with Gasteiger partial charge >= 0.3 is 0 Å². The van der Waals surface area contributed by atoms with Gasteiger partial charge in [-0.3, -0.25) is 9.89 Å². The van der Waals surface area contributed by atoms with Crippen LogP contribution in [-0.2, 0) is 0 Å². The molecule has 0 aromatic rings. The molecular weight excluding hydrogens is 250 g/mol. The summed E-state index contributed by atoms with van der Waals surface area (Å²) in [6.45, 7) is 13.0. The molecule has 0 unspecified atom stereocenters. The summed E-state index contributed by atoms with van der Waals surface area (Å²) in [6.07, 6.45) is 1.12. The van der Waals surface area contributed by atoms with Crippen LogP contribution in [0.1, 0.15) is 34.1 Å². The van der Waals surface area contributed by atoms with Crippen molar-refractivity contribution in [3.63, 3.8) is 0 Å². The standard InChI is InChI=1S/C15H35N5/c1-13(2)20(14(3)4)12-10-18-15(16-5)17-9-8-11-19(6)7/h13-14H,8-12H2,1-7H3,(H2,16,17,18). The summed E-state index contributed by atoms with van der Waals surface area (Å²) in [5.41, 5.74) is 0. The van der Waals surface area contributed by atoms with Crippen LogP contribution >= 0.6 is 0 Å². The van der Waals surface area contributed by atoms with Gasteiger partial charge in [-0.15, -0.1) is 0 Å². The molecule has 0 saturated carbocycles. The van der Waals surface area contributed by atoms with Gasteiger partial charge < -0.3 is 15.5 Å². The molecule has 120 valence electrons. The normalized spacial score (nSPS) is 12.8. The number of guanidine groups is 1. The van der Waals surface area contributed by atoms with E-state index >= 15 is 0 Å². The van der Waals surface area contributed by atoms with Crippen molar-refractivity contribution in [2.24, 2.45) is 4.99 Å². The molecule has 0 saturated heterocycles. The molecular formula is C15H35N5. The molecule has 0 aliphatic heterocycles. The van der Waals surface area contributed by atoms with Crippen LogP contribution in [0.15, 0.2) is 4.99 Å². The lowest BCUT2D eigenvalue weighted by atomic mass is 10.2. The maximum atomic E-state index is 4.25. The molecule has 0 radical (unpaired) electrons. The van der Waals surface area contributed by atoms with E-state index in [0.717, 1.165) is 38.6 Å². The van der Waals surface area contributed by atoms with Crippen LogP contribution in [0, 0.1) is 0 Å². The zero-order chi connectivity index (χ0) is 15.5. The number of aliphatic imine (C=N–C) groups is 1. The fourth-order valence-electron chi connectivity index (χ4n) is 2.24. The van der Waals surface area contributed by atoms with Crippen molar-refractivity contribution >= 4 is 5.96 Å². The van der Waals surface area contributed by atoms with Crippen LogP contribution < -0.4 is 10.6 Å². The Bertz CT molecular complexity index is 253. The number of nitrogens with one attached hydrogen (secondary N) is 2. The Morgan fingerprint density at radius 1 is 0.950 bits per heavy atom. The van der Waals surface area contributed by atoms with E-state index in [9.17, 15) is 0 Å². The molecule has 0 atom stereocenters. The van der Waals surface area contributed by atoms with E-state index in [2.05, 4.69) is 67.2 Å². The van der Waals surface area contributed by atoms with Crippen molar-refractivity contribution in [1.82, 2.24) is 20.4 Å². The highest BCUT2D eigenvalue weighted by Crippen LogP contribution is 2.03. The Morgan fingerprint density at radius 2 is 1.50 bits per heavy atom. The maximum Gasteiger partial charge on any atom is 0.191 e. The Balaban J connectivity index is 3.90. The molecule has 0 aliphatic rings. The van der Waals surface area contributed by atoms with Gasteiger partial charge in [-0.05, 0) is 54.8 Å². The lowest BCUT2D eigenvalue weighted by molar-refractivity contribution is 0.178. The summed E-state index contributed by atoms with van der Waals surface area (Å²) in [6, 6.07) is 1.15. The Labute approximate surface area is 125 Å². The van der Waals surface area contributed by atoms with Gasteiger partial charge in [0.15, 0.2) is 5.96 Å². The second-order valence-electron chi connectivity index (χ2n) is 6.01. The number of nitrogens with zero attached hydrogens (tertiary/aromatic N) is 3. The second-order valence-corrected chi connectivity index (χ2v) is 6.01. The van der Waals surface area contributed by atoms with Crippen molar-refractivity contribution in [2.75, 3.05) is 47.3 Å². The summed E-state index contributed by atoms with van der Waals surface area (Å²) in [5, 5.41) is 6.73. The highest BCUT2D eigenvalue weighted by Gasteiger charge is 2.12. The van der Waals surface area contributed by atoms with Crippen molar-refractivity contribution in [1.29, 1.82) is 0 Å². The molecule has 0 aromatic carbocycles. The SMILES string of the molecule is CN=C(NCCCN(C)C)NCCN(C(C)C)C(C)C. The molecule has 0 rings (SSSR count). The molecule has 20 heavy (non-hydrogen) atoms. The van der Waals surface area contributed by atoms with E-state index in [1.807, 2.05) is 7.05 Å². The van der Waals surface area contributed by atoms with Crippen LogP contribution in [0.2, 0.25) is 0 Å². The zero-order valence-corrected chi connectivity index (χ0v) is 14.5. The molecule has 0 spiro atoms. The van der Waals surface area contributed by atoms with Crippen LogP contribution in [-0.4, -0.2) is 75.2 Å². The maximum absolute atomic E-state index is 4.25. The third-order valence-corrected chi connectivity index (χ3v) is 3.29. The second kappa shape index (κ2) is 10.9. The molecule has 0 heterocycles. The molecule has 0 amide bonds. The monoisotopic (exact) mass is 285 g/mol. The predicted molar refractivity (Wildman–Crippen MR) is 89.5 cm³/mol. The largest absolute Gasteiger partial charge is 0.356 e. The Hall–Kier alpha value is -0.810. The van der Waals surface area contributed by atoms with Crippen LogP contribution in [0.25, 0.3) is 0 Å². The van der Waals surface area contributed by atoms with E-state index in [-0.39, 0.29) is 0 Å². The van der Waals surface area contributed by atoms with Crippen molar-refractivity contribution < 1.29 is 0 Å². The first-order chi connectivity index (χ1) is 9.38. The fourth-order valence-corrected chi connectivity index (χ4v) is 2.24. The predicted octanol–water partition coefficient (Wildman–Crippen LogP) is 1.22. The number of hydrogen-bond acceptors (Lipinski definition) is 3. The minimum absolute atomic E-state index is 0.576. The average molecular weight is 285 g/mol. The summed E-state index contributed by atoms with van der Waals surface area (Å²) < 4.78 is 0. The molecule has 0 aliphatic carbocycles. The Morgan fingerprint density at radius 3 is 1.95 bits per heavy atom. The molecule has 5 nitrogen and oxygen atoms in total. The van der Waals surface area contributed by atoms with E-state index in [0.29, 0.717) is 12.1 Å². The van der Waals surface area contributed by atoms with Crippen LogP contribution in [0.3, 0.4) is 0 Å². The number of hydrogen-bond donors (Lipinski definition) is 2. The average Bonchev–Trinajstić information content (AvgIpc) is 2.35. The van der Waals surface area contributed by atoms with Gasteiger partial charge in [0, 0.05) is 38.8 Å². The molecule has 0 aromatic heterocycles.